The highest BCUT2D eigenvalue weighted by molar-refractivity contribution is 6.30. The van der Waals surface area contributed by atoms with E-state index in [1.165, 1.54) is 10.8 Å². The number of pyridine rings is 1. The Bertz CT molecular complexity index is 1310. The zero-order chi connectivity index (χ0) is 25.8. The maximum Gasteiger partial charge on any atom is 0.332 e. The molecular weight excluding hydrogens is 486 g/mol. The summed E-state index contributed by atoms with van der Waals surface area (Å²) in [5.74, 6) is 0.278. The Balaban J connectivity index is 1.75. The first-order valence-electron chi connectivity index (χ1n) is 12.2. The first kappa shape index (κ1) is 26.3. The zero-order valence-electron chi connectivity index (χ0n) is 20.8. The molecule has 4 rings (SSSR count). The summed E-state index contributed by atoms with van der Waals surface area (Å²) in [7, 11) is 1.56. The molecule has 1 saturated heterocycles. The van der Waals surface area contributed by atoms with Crippen molar-refractivity contribution >= 4 is 22.6 Å². The lowest BCUT2D eigenvalue weighted by molar-refractivity contribution is -0.163. The van der Waals surface area contributed by atoms with E-state index in [1.807, 2.05) is 13.8 Å². The van der Waals surface area contributed by atoms with E-state index in [9.17, 15) is 14.7 Å². The van der Waals surface area contributed by atoms with Crippen molar-refractivity contribution in [3.63, 3.8) is 0 Å². The number of aliphatic hydroxyl groups is 1. The molecule has 194 valence electrons. The fourth-order valence-corrected chi connectivity index (χ4v) is 4.49. The largest absolute Gasteiger partial charge is 0.489 e. The van der Waals surface area contributed by atoms with Crippen LogP contribution in [0.1, 0.15) is 56.8 Å². The third-order valence-corrected chi connectivity index (χ3v) is 6.40. The summed E-state index contributed by atoms with van der Waals surface area (Å²) >= 11 is 6.03. The number of ether oxygens (including phenoxy) is 3. The Morgan fingerprint density at radius 3 is 2.64 bits per heavy atom. The molecule has 0 amide bonds. The van der Waals surface area contributed by atoms with Gasteiger partial charge in [-0.3, -0.25) is 13.9 Å². The third kappa shape index (κ3) is 5.64. The Morgan fingerprint density at radius 1 is 1.22 bits per heavy atom. The van der Waals surface area contributed by atoms with Crippen molar-refractivity contribution in [1.29, 1.82) is 0 Å². The van der Waals surface area contributed by atoms with E-state index in [4.69, 9.17) is 25.8 Å². The molecule has 0 saturated carbocycles. The molecule has 0 radical (unpaired) electrons. The molecule has 0 aliphatic carbocycles. The summed E-state index contributed by atoms with van der Waals surface area (Å²) in [6.07, 6.45) is 3.15. The van der Waals surface area contributed by atoms with Crippen LogP contribution in [-0.4, -0.2) is 44.8 Å². The maximum atomic E-state index is 13.7. The topological polar surface area (TPSA) is 105 Å². The molecule has 10 heteroatoms. The average molecular weight is 518 g/mol. The molecule has 0 spiro atoms. The molecule has 2 aromatic heterocycles. The second-order valence-electron chi connectivity index (χ2n) is 9.17. The summed E-state index contributed by atoms with van der Waals surface area (Å²) in [6, 6.07) is 6.69. The molecule has 1 fully saturated rings. The molecule has 1 aliphatic rings. The summed E-state index contributed by atoms with van der Waals surface area (Å²) in [5.41, 5.74) is -0.0595. The van der Waals surface area contributed by atoms with Gasteiger partial charge in [-0.1, -0.05) is 23.7 Å². The molecule has 9 nitrogen and oxygen atoms in total. The molecule has 1 aromatic carbocycles. The number of hydrogen-bond donors (Lipinski definition) is 1. The van der Waals surface area contributed by atoms with Crippen LogP contribution in [-0.2, 0) is 23.1 Å². The third-order valence-electron chi connectivity index (χ3n) is 6.15. The number of aromatic nitrogens is 3. The first-order valence-corrected chi connectivity index (χ1v) is 12.6. The van der Waals surface area contributed by atoms with E-state index in [2.05, 4.69) is 4.98 Å². The van der Waals surface area contributed by atoms with Crippen LogP contribution in [0.2, 0.25) is 5.02 Å². The van der Waals surface area contributed by atoms with Gasteiger partial charge in [0.1, 0.15) is 17.5 Å². The van der Waals surface area contributed by atoms with Crippen LogP contribution in [0.15, 0.2) is 40.1 Å². The van der Waals surface area contributed by atoms with E-state index in [0.717, 1.165) is 23.8 Å². The number of rotatable bonds is 9. The predicted molar refractivity (Wildman–Crippen MR) is 137 cm³/mol. The van der Waals surface area contributed by atoms with Crippen molar-refractivity contribution in [1.82, 2.24) is 14.1 Å². The highest BCUT2D eigenvalue weighted by Crippen LogP contribution is 2.34. The summed E-state index contributed by atoms with van der Waals surface area (Å²) in [6.45, 7) is 4.88. The van der Waals surface area contributed by atoms with Crippen LogP contribution in [0.3, 0.4) is 0 Å². The second-order valence-corrected chi connectivity index (χ2v) is 9.61. The number of benzene rings is 1. The van der Waals surface area contributed by atoms with Gasteiger partial charge in [0.25, 0.3) is 5.56 Å². The number of aryl methyl sites for hydroxylation is 1. The molecular formula is C26H32ClN3O6. The van der Waals surface area contributed by atoms with Gasteiger partial charge in [-0.2, -0.15) is 0 Å². The quantitative estimate of drug-likeness (QED) is 0.433. The van der Waals surface area contributed by atoms with Gasteiger partial charge in [0.05, 0.1) is 24.3 Å². The fourth-order valence-electron chi connectivity index (χ4n) is 4.36. The molecule has 36 heavy (non-hydrogen) atoms. The average Bonchev–Trinajstić information content (AvgIpc) is 2.87. The lowest BCUT2D eigenvalue weighted by atomic mass is 9.98. The van der Waals surface area contributed by atoms with Gasteiger partial charge in [0.15, 0.2) is 6.29 Å². The second kappa shape index (κ2) is 11.6. The van der Waals surface area contributed by atoms with E-state index in [-0.39, 0.29) is 41.3 Å². The van der Waals surface area contributed by atoms with Crippen LogP contribution in [0.25, 0.3) is 11.0 Å². The predicted octanol–water partition coefficient (Wildman–Crippen LogP) is 3.55. The standard InChI is InChI=1S/C26H32ClN3O6/c1-16(2)36-19-15-28-24-22(21(19)23(31)17-8-10-18(27)11-9-17)25(32)30(26(33)29(24)3)12-6-14-35-20-7-4-5-13-34-20/h8-11,15-16,20,23,31H,4-7,12-14H2,1-3H3. The maximum absolute atomic E-state index is 13.7. The number of aliphatic hydroxyl groups excluding tert-OH is 1. The van der Waals surface area contributed by atoms with Crippen molar-refractivity contribution in [2.24, 2.45) is 7.05 Å². The van der Waals surface area contributed by atoms with Crippen LogP contribution in [0.4, 0.5) is 0 Å². The number of fused-ring (bicyclic) bond motifs is 1. The van der Waals surface area contributed by atoms with E-state index in [1.54, 1.807) is 31.3 Å². The lowest BCUT2D eigenvalue weighted by Crippen LogP contribution is -2.40. The molecule has 1 aliphatic heterocycles. The molecule has 2 unspecified atom stereocenters. The van der Waals surface area contributed by atoms with E-state index in [0.29, 0.717) is 30.2 Å². The lowest BCUT2D eigenvalue weighted by Gasteiger charge is -2.23. The minimum atomic E-state index is -1.20. The van der Waals surface area contributed by atoms with Crippen LogP contribution >= 0.6 is 11.6 Å². The van der Waals surface area contributed by atoms with Gasteiger partial charge in [-0.05, 0) is 57.2 Å². The minimum Gasteiger partial charge on any atom is -0.489 e. The molecule has 0 bridgehead atoms. The summed E-state index contributed by atoms with van der Waals surface area (Å²) < 4.78 is 19.8. The Kier molecular flexibility index (Phi) is 8.46. The molecule has 1 N–H and O–H groups in total. The summed E-state index contributed by atoms with van der Waals surface area (Å²) in [4.78, 5) is 31.1. The first-order chi connectivity index (χ1) is 17.3. The van der Waals surface area contributed by atoms with Crippen molar-refractivity contribution in [3.05, 3.63) is 67.4 Å². The van der Waals surface area contributed by atoms with Crippen LogP contribution < -0.4 is 16.0 Å². The summed E-state index contributed by atoms with van der Waals surface area (Å²) in [5, 5.41) is 12.0. The van der Waals surface area contributed by atoms with Crippen molar-refractivity contribution in [2.75, 3.05) is 13.2 Å². The van der Waals surface area contributed by atoms with Crippen LogP contribution in [0, 0.1) is 0 Å². The molecule has 3 aromatic rings. The van der Waals surface area contributed by atoms with Crippen molar-refractivity contribution in [2.45, 2.75) is 64.6 Å². The minimum absolute atomic E-state index is 0.134. The Labute approximate surface area is 214 Å². The van der Waals surface area contributed by atoms with Gasteiger partial charge in [0, 0.05) is 30.8 Å². The van der Waals surface area contributed by atoms with Gasteiger partial charge in [-0.25, -0.2) is 9.78 Å². The van der Waals surface area contributed by atoms with E-state index >= 15 is 0 Å². The van der Waals surface area contributed by atoms with Gasteiger partial charge in [-0.15, -0.1) is 0 Å². The normalized spacial score (nSPS) is 17.0. The van der Waals surface area contributed by atoms with Gasteiger partial charge >= 0.3 is 5.69 Å². The molecule has 2 atom stereocenters. The van der Waals surface area contributed by atoms with E-state index < -0.39 is 17.4 Å². The number of hydrogen-bond acceptors (Lipinski definition) is 7. The van der Waals surface area contributed by atoms with Crippen molar-refractivity contribution in [3.8, 4) is 5.75 Å². The Morgan fingerprint density at radius 2 is 1.97 bits per heavy atom. The Hall–Kier alpha value is -2.72. The number of halogens is 1. The van der Waals surface area contributed by atoms with Gasteiger partial charge in [0.2, 0.25) is 0 Å². The fraction of sp³-hybridized carbons (Fsp3) is 0.500. The highest BCUT2D eigenvalue weighted by Gasteiger charge is 2.26. The number of nitrogens with zero attached hydrogens (tertiary/aromatic N) is 3. The van der Waals surface area contributed by atoms with Crippen molar-refractivity contribution < 1.29 is 19.3 Å². The highest BCUT2D eigenvalue weighted by atomic mass is 35.5. The monoisotopic (exact) mass is 517 g/mol. The SMILES string of the molecule is CC(C)Oc1cnc2c(c1C(O)c1ccc(Cl)cc1)c(=O)n(CCCOC1CCCCO1)c(=O)n2C. The smallest absolute Gasteiger partial charge is 0.332 e. The van der Waals surface area contributed by atoms with Crippen LogP contribution in [0.5, 0.6) is 5.75 Å². The van der Waals surface area contributed by atoms with Gasteiger partial charge < -0.3 is 19.3 Å². The zero-order valence-corrected chi connectivity index (χ0v) is 21.5. The molecule has 3 heterocycles.